The van der Waals surface area contributed by atoms with E-state index in [1.165, 1.54) is 9.79 Å². The normalized spacial score (nSPS) is 10.6. The maximum Gasteiger partial charge on any atom is 0.222 e. The first-order chi connectivity index (χ1) is 7.92. The molecule has 0 heterocycles. The van der Waals surface area contributed by atoms with Crippen LogP contribution in [0.1, 0.15) is 6.92 Å². The molecule has 82 valence electrons. The minimum absolute atomic E-state index is 0.251. The quantitative estimate of drug-likeness (QED) is 0.729. The van der Waals surface area contributed by atoms with E-state index in [0.717, 1.165) is 6.61 Å². The molecular weight excluding hydrogens is 216 g/mol. The zero-order valence-electron chi connectivity index (χ0n) is 9.30. The summed E-state index contributed by atoms with van der Waals surface area (Å²) in [5, 5.41) is 0. The second-order valence-corrected chi connectivity index (χ2v) is 5.02. The molecule has 0 unspecified atom stereocenters. The summed E-state index contributed by atoms with van der Waals surface area (Å²) in [5.74, 6) is 0. The van der Waals surface area contributed by atoms with Crippen molar-refractivity contribution in [2.45, 2.75) is 16.7 Å². The van der Waals surface area contributed by atoms with Gasteiger partial charge in [0, 0.05) is 0 Å². The molecule has 0 atom stereocenters. The molecule has 0 radical (unpaired) electrons. The highest BCUT2D eigenvalue weighted by Crippen LogP contribution is 2.23. The van der Waals surface area contributed by atoms with Gasteiger partial charge in [-0.1, -0.05) is 36.4 Å². The van der Waals surface area contributed by atoms with E-state index >= 15 is 0 Å². The molecule has 2 heteroatoms. The maximum absolute atomic E-state index is 5.84. The van der Waals surface area contributed by atoms with Crippen molar-refractivity contribution in [2.24, 2.45) is 0 Å². The summed E-state index contributed by atoms with van der Waals surface area (Å²) in [6, 6.07) is 20.7. The fourth-order valence-corrected chi connectivity index (χ4v) is 3.07. The fraction of sp³-hybridized carbons (Fsp3) is 0.143. The third kappa shape index (κ3) is 2.65. The first kappa shape index (κ1) is 11.2. The van der Waals surface area contributed by atoms with Crippen molar-refractivity contribution in [3.8, 4) is 0 Å². The molecule has 0 fully saturated rings. The lowest BCUT2D eigenvalue weighted by Gasteiger charge is -2.04. The van der Waals surface area contributed by atoms with Gasteiger partial charge in [-0.3, -0.25) is 0 Å². The van der Waals surface area contributed by atoms with Gasteiger partial charge in [-0.15, -0.1) is 0 Å². The van der Waals surface area contributed by atoms with E-state index in [1.54, 1.807) is 0 Å². The van der Waals surface area contributed by atoms with Crippen molar-refractivity contribution in [3.63, 3.8) is 0 Å². The Hall–Kier alpha value is -1.25. The smallest absolute Gasteiger partial charge is 0.162 e. The molecule has 0 N–H and O–H groups in total. The van der Waals surface area contributed by atoms with Crippen LogP contribution in [0.4, 0.5) is 0 Å². The van der Waals surface area contributed by atoms with Gasteiger partial charge in [-0.05, 0) is 31.2 Å². The van der Waals surface area contributed by atoms with E-state index in [0.29, 0.717) is 0 Å². The Morgan fingerprint density at radius 1 is 0.812 bits per heavy atom. The van der Waals surface area contributed by atoms with Gasteiger partial charge < -0.3 is 0 Å². The maximum atomic E-state index is 5.84. The Bertz CT molecular complexity index is 374. The molecule has 0 aliphatic heterocycles. The fourth-order valence-electron chi connectivity index (χ4n) is 1.48. The SMILES string of the molecule is CCO[S+](c1ccccc1)c1ccccc1. The lowest BCUT2D eigenvalue weighted by molar-refractivity contribution is 0.387. The summed E-state index contributed by atoms with van der Waals surface area (Å²) in [6.45, 7) is 2.76. The molecule has 16 heavy (non-hydrogen) atoms. The molecule has 1 nitrogen and oxygen atoms in total. The van der Waals surface area contributed by atoms with Crippen molar-refractivity contribution < 1.29 is 4.18 Å². The first-order valence-corrected chi connectivity index (χ1v) is 6.54. The Labute approximate surface area is 99.6 Å². The number of hydrogen-bond donors (Lipinski definition) is 0. The molecule has 0 saturated carbocycles. The van der Waals surface area contributed by atoms with Crippen LogP contribution in [-0.4, -0.2) is 6.61 Å². The molecule has 0 aliphatic rings. The molecule has 2 rings (SSSR count). The van der Waals surface area contributed by atoms with Gasteiger partial charge >= 0.3 is 0 Å². The number of hydrogen-bond acceptors (Lipinski definition) is 1. The monoisotopic (exact) mass is 231 g/mol. The standard InChI is InChI=1S/C14H15OS/c1-2-15-16(13-9-5-3-6-10-13)14-11-7-4-8-12-14/h3-12H,2H2,1H3/q+1. The lowest BCUT2D eigenvalue weighted by Crippen LogP contribution is -2.07. The molecule has 0 saturated heterocycles. The predicted octanol–water partition coefficient (Wildman–Crippen LogP) is 3.67. The lowest BCUT2D eigenvalue weighted by atomic mass is 10.4. The van der Waals surface area contributed by atoms with Crippen molar-refractivity contribution in [2.75, 3.05) is 6.61 Å². The third-order valence-electron chi connectivity index (χ3n) is 2.15. The largest absolute Gasteiger partial charge is 0.222 e. The average Bonchev–Trinajstić information content (AvgIpc) is 2.38. The van der Waals surface area contributed by atoms with E-state index in [2.05, 4.69) is 48.5 Å². The summed E-state index contributed by atoms with van der Waals surface area (Å²) >= 11 is -0.251. The van der Waals surface area contributed by atoms with Gasteiger partial charge in [0.2, 0.25) is 11.2 Å². The Kier molecular flexibility index (Phi) is 4.03. The first-order valence-electron chi connectivity index (χ1n) is 5.39. The van der Waals surface area contributed by atoms with Crippen LogP contribution in [0.3, 0.4) is 0 Å². The zero-order chi connectivity index (χ0) is 11.2. The minimum atomic E-state index is -0.251. The highest BCUT2D eigenvalue weighted by Gasteiger charge is 2.26. The van der Waals surface area contributed by atoms with Crippen molar-refractivity contribution >= 4 is 11.2 Å². The van der Waals surface area contributed by atoms with Crippen molar-refractivity contribution in [1.29, 1.82) is 0 Å². The molecule has 0 amide bonds. The molecule has 0 aliphatic carbocycles. The summed E-state index contributed by atoms with van der Waals surface area (Å²) < 4.78 is 5.84. The van der Waals surface area contributed by atoms with Crippen LogP contribution < -0.4 is 0 Å². The van der Waals surface area contributed by atoms with E-state index in [9.17, 15) is 0 Å². The van der Waals surface area contributed by atoms with Gasteiger partial charge in [0.1, 0.15) is 6.61 Å². The summed E-state index contributed by atoms with van der Waals surface area (Å²) in [6.07, 6.45) is 0. The van der Waals surface area contributed by atoms with Crippen LogP contribution in [0.15, 0.2) is 70.5 Å². The second-order valence-electron chi connectivity index (χ2n) is 3.30. The van der Waals surface area contributed by atoms with Crippen LogP contribution in [0.25, 0.3) is 0 Å². The van der Waals surface area contributed by atoms with Gasteiger partial charge in [0.15, 0.2) is 9.79 Å². The van der Waals surface area contributed by atoms with E-state index < -0.39 is 0 Å². The van der Waals surface area contributed by atoms with Crippen LogP contribution in [-0.2, 0) is 15.4 Å². The number of benzene rings is 2. The van der Waals surface area contributed by atoms with Gasteiger partial charge in [-0.25, -0.2) is 0 Å². The number of rotatable bonds is 4. The molecular formula is C14H15OS+. The van der Waals surface area contributed by atoms with Crippen LogP contribution >= 0.6 is 0 Å². The highest BCUT2D eigenvalue weighted by atomic mass is 32.2. The molecule has 0 aromatic heterocycles. The zero-order valence-corrected chi connectivity index (χ0v) is 10.1. The van der Waals surface area contributed by atoms with E-state index in [4.69, 9.17) is 4.18 Å². The van der Waals surface area contributed by atoms with Crippen LogP contribution in [0.2, 0.25) is 0 Å². The Balaban J connectivity index is 2.31. The third-order valence-corrected chi connectivity index (χ3v) is 4.02. The molecule has 2 aromatic rings. The Morgan fingerprint density at radius 2 is 1.25 bits per heavy atom. The predicted molar refractivity (Wildman–Crippen MR) is 68.4 cm³/mol. The average molecular weight is 231 g/mol. The van der Waals surface area contributed by atoms with Crippen LogP contribution in [0, 0.1) is 0 Å². The van der Waals surface area contributed by atoms with Gasteiger partial charge in [-0.2, -0.15) is 4.18 Å². The molecule has 0 bridgehead atoms. The highest BCUT2D eigenvalue weighted by molar-refractivity contribution is 7.92. The van der Waals surface area contributed by atoms with Crippen LogP contribution in [0.5, 0.6) is 0 Å². The molecule has 2 aromatic carbocycles. The Morgan fingerprint density at radius 3 is 1.62 bits per heavy atom. The van der Waals surface area contributed by atoms with Gasteiger partial charge in [0.25, 0.3) is 0 Å². The summed E-state index contributed by atoms with van der Waals surface area (Å²) in [5.41, 5.74) is 0. The minimum Gasteiger partial charge on any atom is -0.162 e. The molecule has 0 spiro atoms. The topological polar surface area (TPSA) is 9.23 Å². The second kappa shape index (κ2) is 5.73. The van der Waals surface area contributed by atoms with Gasteiger partial charge in [0.05, 0.1) is 0 Å². The van der Waals surface area contributed by atoms with Crippen molar-refractivity contribution in [1.82, 2.24) is 0 Å². The summed E-state index contributed by atoms with van der Waals surface area (Å²) in [4.78, 5) is 2.46. The van der Waals surface area contributed by atoms with E-state index in [1.807, 2.05) is 19.1 Å². The summed E-state index contributed by atoms with van der Waals surface area (Å²) in [7, 11) is 0. The van der Waals surface area contributed by atoms with E-state index in [-0.39, 0.29) is 11.2 Å². The van der Waals surface area contributed by atoms with Crippen molar-refractivity contribution in [3.05, 3.63) is 60.7 Å².